The highest BCUT2D eigenvalue weighted by molar-refractivity contribution is 5.96. The molecule has 2 aromatic rings. The predicted molar refractivity (Wildman–Crippen MR) is 86.5 cm³/mol. The fraction of sp³-hybridized carbons (Fsp3) is 0.278. The van der Waals surface area contributed by atoms with E-state index in [9.17, 15) is 13.6 Å². The van der Waals surface area contributed by atoms with Gasteiger partial charge < -0.3 is 10.6 Å². The number of fused-ring (bicyclic) bond motifs is 1. The van der Waals surface area contributed by atoms with Gasteiger partial charge in [-0.05, 0) is 61.6 Å². The summed E-state index contributed by atoms with van der Waals surface area (Å²) >= 11 is 0. The standard InChI is InChI=1S/C18H18F2N2O/c1-11(18(23)22-15-7-8-16(19)17(20)10-15)21-14-6-5-12-3-2-4-13(12)9-14/h5-11,21H,2-4H2,1H3,(H,22,23). The van der Waals surface area contributed by atoms with Crippen molar-refractivity contribution in [2.75, 3.05) is 10.6 Å². The van der Waals surface area contributed by atoms with Crippen LogP contribution in [0.3, 0.4) is 0 Å². The zero-order valence-electron chi connectivity index (χ0n) is 12.8. The molecule has 0 saturated heterocycles. The molecule has 0 saturated carbocycles. The number of hydrogen-bond acceptors (Lipinski definition) is 2. The van der Waals surface area contributed by atoms with Crippen LogP contribution in [0.15, 0.2) is 36.4 Å². The van der Waals surface area contributed by atoms with Crippen molar-refractivity contribution in [3.8, 4) is 0 Å². The van der Waals surface area contributed by atoms with Gasteiger partial charge in [-0.25, -0.2) is 8.78 Å². The van der Waals surface area contributed by atoms with Crippen molar-refractivity contribution in [2.45, 2.75) is 32.2 Å². The van der Waals surface area contributed by atoms with Gasteiger partial charge in [0.1, 0.15) is 6.04 Å². The second-order valence-electron chi connectivity index (χ2n) is 5.82. The van der Waals surface area contributed by atoms with Gasteiger partial charge in [-0.3, -0.25) is 4.79 Å². The Hall–Kier alpha value is -2.43. The van der Waals surface area contributed by atoms with Gasteiger partial charge in [0.05, 0.1) is 0 Å². The summed E-state index contributed by atoms with van der Waals surface area (Å²) < 4.78 is 26.1. The van der Waals surface area contributed by atoms with Crippen LogP contribution in [-0.2, 0) is 17.6 Å². The fourth-order valence-electron chi connectivity index (χ4n) is 2.80. The Morgan fingerprint density at radius 2 is 1.74 bits per heavy atom. The molecule has 1 aliphatic carbocycles. The molecule has 1 aliphatic rings. The number of nitrogens with one attached hydrogen (secondary N) is 2. The smallest absolute Gasteiger partial charge is 0.246 e. The van der Waals surface area contributed by atoms with E-state index in [0.717, 1.165) is 30.7 Å². The van der Waals surface area contributed by atoms with Crippen LogP contribution < -0.4 is 10.6 Å². The highest BCUT2D eigenvalue weighted by Crippen LogP contribution is 2.25. The van der Waals surface area contributed by atoms with Crippen molar-refractivity contribution in [1.29, 1.82) is 0 Å². The number of aryl methyl sites for hydroxylation is 2. The number of rotatable bonds is 4. The summed E-state index contributed by atoms with van der Waals surface area (Å²) in [5.41, 5.74) is 3.81. The molecule has 0 spiro atoms. The summed E-state index contributed by atoms with van der Waals surface area (Å²) in [5.74, 6) is -2.23. The van der Waals surface area contributed by atoms with Crippen LogP contribution in [0.4, 0.5) is 20.2 Å². The van der Waals surface area contributed by atoms with Crippen LogP contribution in [0.25, 0.3) is 0 Å². The van der Waals surface area contributed by atoms with Gasteiger partial charge in [-0.15, -0.1) is 0 Å². The van der Waals surface area contributed by atoms with E-state index in [1.807, 2.05) is 6.07 Å². The zero-order valence-corrected chi connectivity index (χ0v) is 12.8. The monoisotopic (exact) mass is 316 g/mol. The van der Waals surface area contributed by atoms with E-state index < -0.39 is 17.7 Å². The third-order valence-corrected chi connectivity index (χ3v) is 4.06. The molecule has 5 heteroatoms. The maximum atomic E-state index is 13.2. The van der Waals surface area contributed by atoms with Crippen LogP contribution in [0.5, 0.6) is 0 Å². The summed E-state index contributed by atoms with van der Waals surface area (Å²) in [6.45, 7) is 1.72. The van der Waals surface area contributed by atoms with E-state index in [4.69, 9.17) is 0 Å². The molecule has 0 aliphatic heterocycles. The molecule has 2 N–H and O–H groups in total. The Bertz CT molecular complexity index is 746. The molecule has 3 rings (SSSR count). The Morgan fingerprint density at radius 3 is 2.52 bits per heavy atom. The normalized spacial score (nSPS) is 14.2. The minimum Gasteiger partial charge on any atom is -0.374 e. The van der Waals surface area contributed by atoms with E-state index in [1.54, 1.807) is 6.92 Å². The summed E-state index contributed by atoms with van der Waals surface area (Å²) in [4.78, 5) is 12.2. The van der Waals surface area contributed by atoms with Gasteiger partial charge in [-0.2, -0.15) is 0 Å². The molecule has 23 heavy (non-hydrogen) atoms. The quantitative estimate of drug-likeness (QED) is 0.898. The molecule has 0 fully saturated rings. The first kappa shape index (κ1) is 15.5. The number of hydrogen-bond donors (Lipinski definition) is 2. The lowest BCUT2D eigenvalue weighted by Crippen LogP contribution is -2.31. The van der Waals surface area contributed by atoms with Crippen molar-refractivity contribution in [3.05, 3.63) is 59.2 Å². The first-order chi connectivity index (χ1) is 11.0. The lowest BCUT2D eigenvalue weighted by atomic mass is 10.1. The third-order valence-electron chi connectivity index (χ3n) is 4.06. The summed E-state index contributed by atoms with van der Waals surface area (Å²) in [7, 11) is 0. The molecule has 1 atom stereocenters. The number of amides is 1. The Balaban J connectivity index is 1.64. The highest BCUT2D eigenvalue weighted by atomic mass is 19.2. The molecule has 120 valence electrons. The molecule has 0 radical (unpaired) electrons. The fourth-order valence-corrected chi connectivity index (χ4v) is 2.80. The first-order valence-electron chi connectivity index (χ1n) is 7.67. The summed E-state index contributed by atoms with van der Waals surface area (Å²) in [5, 5.41) is 5.71. The third kappa shape index (κ3) is 3.50. The Kier molecular flexibility index (Phi) is 4.28. The van der Waals surface area contributed by atoms with Crippen LogP contribution >= 0.6 is 0 Å². The van der Waals surface area contributed by atoms with Gasteiger partial charge in [0.2, 0.25) is 5.91 Å². The molecule has 2 aromatic carbocycles. The zero-order chi connectivity index (χ0) is 16.4. The SMILES string of the molecule is CC(Nc1ccc2c(c1)CCC2)C(=O)Nc1ccc(F)c(F)c1. The molecule has 0 aromatic heterocycles. The van der Waals surface area contributed by atoms with E-state index in [1.165, 1.54) is 23.6 Å². The molecule has 1 amide bonds. The number of halogens is 2. The van der Waals surface area contributed by atoms with Gasteiger partial charge in [0.25, 0.3) is 0 Å². The highest BCUT2D eigenvalue weighted by Gasteiger charge is 2.16. The lowest BCUT2D eigenvalue weighted by Gasteiger charge is -2.16. The first-order valence-corrected chi connectivity index (χ1v) is 7.67. The summed E-state index contributed by atoms with van der Waals surface area (Å²) in [6, 6.07) is 8.92. The van der Waals surface area contributed by atoms with Gasteiger partial charge in [0, 0.05) is 17.4 Å². The van der Waals surface area contributed by atoms with Crippen LogP contribution in [0.2, 0.25) is 0 Å². The van der Waals surface area contributed by atoms with E-state index in [-0.39, 0.29) is 11.6 Å². The van der Waals surface area contributed by atoms with Crippen molar-refractivity contribution in [2.24, 2.45) is 0 Å². The minimum absolute atomic E-state index is 0.233. The average Bonchev–Trinajstić information content (AvgIpc) is 2.98. The minimum atomic E-state index is -0.984. The van der Waals surface area contributed by atoms with E-state index in [2.05, 4.69) is 22.8 Å². The Labute approximate surface area is 133 Å². The van der Waals surface area contributed by atoms with Gasteiger partial charge in [0.15, 0.2) is 11.6 Å². The maximum absolute atomic E-state index is 13.2. The van der Waals surface area contributed by atoms with Crippen LogP contribution in [-0.4, -0.2) is 11.9 Å². The molecule has 1 unspecified atom stereocenters. The van der Waals surface area contributed by atoms with E-state index in [0.29, 0.717) is 0 Å². The molecular formula is C18H18F2N2O. The van der Waals surface area contributed by atoms with Gasteiger partial charge in [-0.1, -0.05) is 6.07 Å². The van der Waals surface area contributed by atoms with Crippen molar-refractivity contribution >= 4 is 17.3 Å². The number of anilines is 2. The lowest BCUT2D eigenvalue weighted by molar-refractivity contribution is -0.116. The molecule has 0 heterocycles. The van der Waals surface area contributed by atoms with Crippen molar-refractivity contribution < 1.29 is 13.6 Å². The molecular weight excluding hydrogens is 298 g/mol. The Morgan fingerprint density at radius 1 is 1.00 bits per heavy atom. The maximum Gasteiger partial charge on any atom is 0.246 e. The topological polar surface area (TPSA) is 41.1 Å². The van der Waals surface area contributed by atoms with Crippen molar-refractivity contribution in [3.63, 3.8) is 0 Å². The number of carbonyl (C=O) groups excluding carboxylic acids is 1. The number of carbonyl (C=O) groups is 1. The molecule has 0 bridgehead atoms. The van der Waals surface area contributed by atoms with Crippen LogP contribution in [0, 0.1) is 11.6 Å². The second kappa shape index (κ2) is 6.36. The van der Waals surface area contributed by atoms with Crippen molar-refractivity contribution in [1.82, 2.24) is 0 Å². The van der Waals surface area contributed by atoms with Crippen LogP contribution in [0.1, 0.15) is 24.5 Å². The predicted octanol–water partition coefficient (Wildman–Crippen LogP) is 3.89. The number of benzene rings is 2. The average molecular weight is 316 g/mol. The largest absolute Gasteiger partial charge is 0.374 e. The second-order valence-corrected chi connectivity index (χ2v) is 5.82. The molecule has 3 nitrogen and oxygen atoms in total. The van der Waals surface area contributed by atoms with Gasteiger partial charge >= 0.3 is 0 Å². The summed E-state index contributed by atoms with van der Waals surface area (Å²) in [6.07, 6.45) is 3.35. The van der Waals surface area contributed by atoms with E-state index >= 15 is 0 Å².